The lowest BCUT2D eigenvalue weighted by molar-refractivity contribution is 0.278. The van der Waals surface area contributed by atoms with Gasteiger partial charge >= 0.3 is 0 Å². The van der Waals surface area contributed by atoms with Crippen molar-refractivity contribution < 1.29 is 4.74 Å². The second kappa shape index (κ2) is 6.77. The Kier molecular flexibility index (Phi) is 4.05. The van der Waals surface area contributed by atoms with Gasteiger partial charge in [0.1, 0.15) is 5.75 Å². The highest BCUT2D eigenvalue weighted by Gasteiger charge is 2.67. The number of ether oxygens (including phenoxy) is 1. The zero-order valence-electron chi connectivity index (χ0n) is 16.8. The molecular weight excluding hydrogens is 356 g/mol. The average Bonchev–Trinajstić information content (AvgIpc) is 3.19. The maximum Gasteiger partial charge on any atom is 0.127 e. The molecule has 0 bridgehead atoms. The Bertz CT molecular complexity index is 1020. The summed E-state index contributed by atoms with van der Waals surface area (Å²) in [4.78, 5) is 2.51. The van der Waals surface area contributed by atoms with Crippen LogP contribution in [0, 0.1) is 11.8 Å². The van der Waals surface area contributed by atoms with E-state index in [0.29, 0.717) is 11.8 Å². The standard InChI is InChI=1S/C26H28N2O/c1-2-8-22-19(6-1)7-5-9-25(22)29-17-24-23-16-27-18-26(23,24)20-10-12-21(13-11-20)28-14-3-4-15-28/h1-2,5-13,23-24,27H,3-4,14-18H2. The van der Waals surface area contributed by atoms with E-state index < -0.39 is 0 Å². The van der Waals surface area contributed by atoms with Crippen molar-refractivity contribution in [2.45, 2.75) is 18.3 Å². The minimum atomic E-state index is 0.258. The summed E-state index contributed by atoms with van der Waals surface area (Å²) in [6, 6.07) is 24.3. The van der Waals surface area contributed by atoms with E-state index in [1.165, 1.54) is 48.0 Å². The summed E-state index contributed by atoms with van der Waals surface area (Å²) in [7, 11) is 0. The molecule has 6 rings (SSSR count). The largest absolute Gasteiger partial charge is 0.493 e. The fourth-order valence-electron chi connectivity index (χ4n) is 5.88. The predicted molar refractivity (Wildman–Crippen MR) is 119 cm³/mol. The molecule has 0 amide bonds. The molecule has 3 atom stereocenters. The van der Waals surface area contributed by atoms with Crippen LogP contribution in [0.5, 0.6) is 5.75 Å². The van der Waals surface area contributed by atoms with Gasteiger partial charge in [-0.2, -0.15) is 0 Å². The molecule has 1 N–H and O–H groups in total. The smallest absolute Gasteiger partial charge is 0.127 e. The molecule has 3 nitrogen and oxygen atoms in total. The van der Waals surface area contributed by atoms with E-state index in [-0.39, 0.29) is 5.41 Å². The topological polar surface area (TPSA) is 24.5 Å². The summed E-state index contributed by atoms with van der Waals surface area (Å²) in [5, 5.41) is 6.08. The van der Waals surface area contributed by atoms with Crippen molar-refractivity contribution in [3.05, 3.63) is 72.3 Å². The van der Waals surface area contributed by atoms with E-state index in [0.717, 1.165) is 25.4 Å². The Balaban J connectivity index is 1.21. The van der Waals surface area contributed by atoms with E-state index in [9.17, 15) is 0 Å². The van der Waals surface area contributed by atoms with E-state index in [4.69, 9.17) is 4.74 Å². The number of hydrogen-bond donors (Lipinski definition) is 1. The normalized spacial score (nSPS) is 27.9. The van der Waals surface area contributed by atoms with Crippen LogP contribution < -0.4 is 15.0 Å². The molecule has 1 saturated carbocycles. The van der Waals surface area contributed by atoms with Gasteiger partial charge in [0.2, 0.25) is 0 Å². The SMILES string of the molecule is c1ccc2c(OCC3C4CNCC43c3ccc(N4CCCC4)cc3)cccc2c1. The summed E-state index contributed by atoms with van der Waals surface area (Å²) < 4.78 is 6.40. The van der Waals surface area contributed by atoms with Crippen molar-refractivity contribution in [1.82, 2.24) is 5.32 Å². The number of nitrogens with zero attached hydrogens (tertiary/aromatic N) is 1. The Morgan fingerprint density at radius 3 is 2.59 bits per heavy atom. The number of nitrogens with one attached hydrogen (secondary N) is 1. The molecule has 2 saturated heterocycles. The van der Waals surface area contributed by atoms with Gasteiger partial charge in [-0.15, -0.1) is 0 Å². The van der Waals surface area contributed by atoms with Crippen LogP contribution in [-0.2, 0) is 5.41 Å². The molecule has 148 valence electrons. The van der Waals surface area contributed by atoms with Crippen LogP contribution in [0.1, 0.15) is 18.4 Å². The lowest BCUT2D eigenvalue weighted by atomic mass is 9.92. The molecule has 3 unspecified atom stereocenters. The Morgan fingerprint density at radius 1 is 0.931 bits per heavy atom. The molecule has 29 heavy (non-hydrogen) atoms. The summed E-state index contributed by atoms with van der Waals surface area (Å²) in [6.07, 6.45) is 2.65. The molecule has 2 heterocycles. The Labute approximate surface area is 172 Å². The second-order valence-corrected chi connectivity index (χ2v) is 8.91. The third kappa shape index (κ3) is 2.75. The van der Waals surface area contributed by atoms with Gasteiger partial charge in [-0.05, 0) is 54.5 Å². The molecule has 3 aromatic carbocycles. The van der Waals surface area contributed by atoms with Crippen LogP contribution in [0.25, 0.3) is 10.8 Å². The van der Waals surface area contributed by atoms with Crippen LogP contribution in [0.15, 0.2) is 66.7 Å². The minimum Gasteiger partial charge on any atom is -0.493 e. The van der Waals surface area contributed by atoms with Gasteiger partial charge in [0.15, 0.2) is 0 Å². The van der Waals surface area contributed by atoms with Crippen molar-refractivity contribution in [3.8, 4) is 5.75 Å². The van der Waals surface area contributed by atoms with Crippen molar-refractivity contribution in [1.29, 1.82) is 0 Å². The number of benzene rings is 3. The quantitative estimate of drug-likeness (QED) is 0.695. The lowest BCUT2D eigenvalue weighted by Gasteiger charge is -2.21. The summed E-state index contributed by atoms with van der Waals surface area (Å²) in [6.45, 7) is 5.39. The molecule has 0 radical (unpaired) electrons. The van der Waals surface area contributed by atoms with E-state index in [1.54, 1.807) is 0 Å². The fraction of sp³-hybridized carbons (Fsp3) is 0.385. The molecule has 3 fully saturated rings. The van der Waals surface area contributed by atoms with E-state index >= 15 is 0 Å². The molecule has 3 aromatic rings. The number of anilines is 1. The molecule has 1 aliphatic carbocycles. The first-order valence-electron chi connectivity index (χ1n) is 11.0. The fourth-order valence-corrected chi connectivity index (χ4v) is 5.88. The number of rotatable bonds is 5. The zero-order chi connectivity index (χ0) is 19.3. The highest BCUT2D eigenvalue weighted by Crippen LogP contribution is 2.62. The minimum absolute atomic E-state index is 0.258. The highest BCUT2D eigenvalue weighted by atomic mass is 16.5. The van der Waals surface area contributed by atoms with Gasteiger partial charge < -0.3 is 15.0 Å². The Hall–Kier alpha value is -2.52. The Morgan fingerprint density at radius 2 is 1.72 bits per heavy atom. The van der Waals surface area contributed by atoms with Crippen molar-refractivity contribution >= 4 is 16.5 Å². The predicted octanol–water partition coefficient (Wildman–Crippen LogP) is 4.61. The number of fused-ring (bicyclic) bond motifs is 2. The van der Waals surface area contributed by atoms with E-state index in [1.807, 2.05) is 0 Å². The first kappa shape index (κ1) is 17.3. The summed E-state index contributed by atoms with van der Waals surface area (Å²) in [5.41, 5.74) is 3.13. The summed E-state index contributed by atoms with van der Waals surface area (Å²) >= 11 is 0. The van der Waals surface area contributed by atoms with Crippen molar-refractivity contribution in [2.24, 2.45) is 11.8 Å². The lowest BCUT2D eigenvalue weighted by Crippen LogP contribution is -2.26. The van der Waals surface area contributed by atoms with Gasteiger partial charge in [-0.3, -0.25) is 0 Å². The molecule has 3 heteroatoms. The second-order valence-electron chi connectivity index (χ2n) is 8.91. The maximum absolute atomic E-state index is 6.40. The van der Waals surface area contributed by atoms with Crippen molar-refractivity contribution in [3.63, 3.8) is 0 Å². The highest BCUT2D eigenvalue weighted by molar-refractivity contribution is 5.88. The van der Waals surface area contributed by atoms with Gasteiger partial charge in [0, 0.05) is 42.0 Å². The molecule has 2 aliphatic heterocycles. The van der Waals surface area contributed by atoms with Gasteiger partial charge in [0.25, 0.3) is 0 Å². The molecule has 0 aromatic heterocycles. The molecule has 3 aliphatic rings. The van der Waals surface area contributed by atoms with Crippen LogP contribution >= 0.6 is 0 Å². The van der Waals surface area contributed by atoms with Gasteiger partial charge in [-0.1, -0.05) is 48.5 Å². The monoisotopic (exact) mass is 384 g/mol. The molecular formula is C26H28N2O. The molecule has 0 spiro atoms. The van der Waals surface area contributed by atoms with Crippen LogP contribution in [0.2, 0.25) is 0 Å². The van der Waals surface area contributed by atoms with Gasteiger partial charge in [0.05, 0.1) is 6.61 Å². The number of piperidine rings is 1. The third-order valence-electron chi connectivity index (χ3n) is 7.53. The zero-order valence-corrected chi connectivity index (χ0v) is 16.8. The van der Waals surface area contributed by atoms with Crippen LogP contribution in [0.4, 0.5) is 5.69 Å². The first-order valence-corrected chi connectivity index (χ1v) is 11.0. The van der Waals surface area contributed by atoms with Crippen LogP contribution in [-0.4, -0.2) is 32.8 Å². The van der Waals surface area contributed by atoms with E-state index in [2.05, 4.69) is 76.9 Å². The number of hydrogen-bond acceptors (Lipinski definition) is 3. The third-order valence-corrected chi connectivity index (χ3v) is 7.53. The summed E-state index contributed by atoms with van der Waals surface area (Å²) in [5.74, 6) is 2.30. The first-order chi connectivity index (χ1) is 14.4. The maximum atomic E-state index is 6.40. The average molecular weight is 385 g/mol. The van der Waals surface area contributed by atoms with Crippen molar-refractivity contribution in [2.75, 3.05) is 37.7 Å². The van der Waals surface area contributed by atoms with Gasteiger partial charge in [-0.25, -0.2) is 0 Å². The van der Waals surface area contributed by atoms with Crippen LogP contribution in [0.3, 0.4) is 0 Å².